The van der Waals surface area contributed by atoms with Crippen LogP contribution >= 0.6 is 57.8 Å². The van der Waals surface area contributed by atoms with Crippen molar-refractivity contribution in [3.63, 3.8) is 0 Å². The molecule has 4 amide bonds. The highest BCUT2D eigenvalue weighted by Crippen LogP contribution is 2.22. The first-order valence-corrected chi connectivity index (χ1v) is 16.3. The second-order valence-corrected chi connectivity index (χ2v) is 12.7. The number of hydrogen-bond acceptors (Lipinski definition) is 10. The van der Waals surface area contributed by atoms with E-state index in [9.17, 15) is 44.1 Å². The molecule has 18 heteroatoms. The molecule has 0 aliphatic carbocycles. The molecular formula is C28H33I2N5O10S. The Kier molecular flexibility index (Phi) is 15.8. The fraction of sp³-hybridized carbons (Fsp3) is 0.357. The van der Waals surface area contributed by atoms with Crippen LogP contribution in [0.5, 0.6) is 11.5 Å². The number of aromatic hydroxyl groups is 2. The van der Waals surface area contributed by atoms with Crippen LogP contribution in [0.25, 0.3) is 0 Å². The number of carbonyl (C=O) groups excluding carboxylic acids is 4. The zero-order valence-corrected chi connectivity index (χ0v) is 29.2. The number of carboxylic acids is 2. The Hall–Kier alpha value is -3.37. The molecule has 0 aliphatic rings. The topological polar surface area (TPSA) is 257 Å². The van der Waals surface area contributed by atoms with Gasteiger partial charge in [0.15, 0.2) is 0 Å². The molecule has 0 aromatic heterocycles. The van der Waals surface area contributed by atoms with Crippen LogP contribution in [0.4, 0.5) is 0 Å². The lowest BCUT2D eigenvalue weighted by Crippen LogP contribution is -2.55. The van der Waals surface area contributed by atoms with Crippen LogP contribution < -0.4 is 27.0 Å². The lowest BCUT2D eigenvalue weighted by Gasteiger charge is -2.23. The average molecular weight is 885 g/mol. The summed E-state index contributed by atoms with van der Waals surface area (Å²) in [5, 5.41) is 47.4. The SMILES string of the molecule is N[C@@H](Cc1ccc(O)c(I)c1)C(=O)N[C@@H](Cc1ccc(O)c(I)c1)C(=O)NC(CCC(=O)NC(CS)C(=O)NCC(=O)O)C(=O)O. The normalized spacial score (nSPS) is 13.4. The number of aliphatic carboxylic acids is 2. The summed E-state index contributed by atoms with van der Waals surface area (Å²) in [6.45, 7) is -0.672. The molecule has 46 heavy (non-hydrogen) atoms. The summed E-state index contributed by atoms with van der Waals surface area (Å²) in [5.41, 5.74) is 7.31. The maximum atomic E-state index is 13.4. The van der Waals surface area contributed by atoms with Gasteiger partial charge in [-0.25, -0.2) is 4.79 Å². The quantitative estimate of drug-likeness (QED) is 0.0740. The minimum atomic E-state index is -1.57. The molecule has 0 fully saturated rings. The van der Waals surface area contributed by atoms with Crippen LogP contribution in [0.3, 0.4) is 0 Å². The molecule has 15 nitrogen and oxygen atoms in total. The van der Waals surface area contributed by atoms with Crippen LogP contribution in [0.2, 0.25) is 0 Å². The van der Waals surface area contributed by atoms with Crippen LogP contribution in [-0.4, -0.2) is 92.5 Å². The largest absolute Gasteiger partial charge is 0.507 e. The molecule has 4 atom stereocenters. The number of halogens is 2. The van der Waals surface area contributed by atoms with Gasteiger partial charge in [0.25, 0.3) is 0 Å². The Morgan fingerprint density at radius 2 is 1.30 bits per heavy atom. The number of amides is 4. The molecule has 2 rings (SSSR count). The van der Waals surface area contributed by atoms with Crippen LogP contribution in [0.15, 0.2) is 36.4 Å². The van der Waals surface area contributed by atoms with Crippen molar-refractivity contribution in [2.45, 2.75) is 49.9 Å². The number of carbonyl (C=O) groups is 6. The summed E-state index contributed by atoms with van der Waals surface area (Å²) in [5.74, 6) is -5.98. The van der Waals surface area contributed by atoms with Gasteiger partial charge in [-0.1, -0.05) is 12.1 Å². The van der Waals surface area contributed by atoms with Gasteiger partial charge in [0, 0.05) is 18.6 Å². The van der Waals surface area contributed by atoms with Gasteiger partial charge in [-0.3, -0.25) is 24.0 Å². The molecule has 10 N–H and O–H groups in total. The average Bonchev–Trinajstić information content (AvgIpc) is 2.99. The van der Waals surface area contributed by atoms with Gasteiger partial charge in [0.05, 0.1) is 13.2 Å². The number of benzene rings is 2. The molecule has 0 saturated carbocycles. The fourth-order valence-corrected chi connectivity index (χ4v) is 5.39. The molecule has 250 valence electrons. The summed E-state index contributed by atoms with van der Waals surface area (Å²) < 4.78 is 1.03. The number of nitrogens with one attached hydrogen (secondary N) is 4. The Balaban J connectivity index is 2.14. The summed E-state index contributed by atoms with van der Waals surface area (Å²) in [6.07, 6.45) is -0.849. The van der Waals surface area contributed by atoms with E-state index in [1.807, 2.05) is 45.2 Å². The Labute approximate surface area is 296 Å². The molecule has 0 spiro atoms. The van der Waals surface area contributed by atoms with E-state index in [-0.39, 0.29) is 36.5 Å². The Morgan fingerprint density at radius 1 is 0.761 bits per heavy atom. The minimum Gasteiger partial charge on any atom is -0.507 e. The number of hydrogen-bond donors (Lipinski definition) is 10. The monoisotopic (exact) mass is 885 g/mol. The molecule has 0 saturated heterocycles. The molecule has 0 aliphatic heterocycles. The standard InChI is InChI=1S/C28H33I2N5O10S/c29-15-7-13(1-4-21(15)36)9-17(31)25(41)35-19(10-14-2-5-22(37)16(30)8-14)27(43)34-18(28(44)45)3-6-23(38)33-20(12-46)26(42)32-11-24(39)40/h1-2,4-5,7-8,17-20,36-37,46H,3,6,9-12,31H2,(H,32,42)(H,33,38)(H,34,43)(H,35,41)(H,39,40)(H,44,45)/t17-,18?,19-,20?/m0/s1. The lowest BCUT2D eigenvalue weighted by atomic mass is 10.0. The van der Waals surface area contributed by atoms with Gasteiger partial charge >= 0.3 is 11.9 Å². The highest BCUT2D eigenvalue weighted by molar-refractivity contribution is 14.1. The molecule has 0 heterocycles. The van der Waals surface area contributed by atoms with Crippen molar-refractivity contribution in [2.75, 3.05) is 12.3 Å². The predicted molar refractivity (Wildman–Crippen MR) is 184 cm³/mol. The third kappa shape index (κ3) is 12.8. The van der Waals surface area contributed by atoms with Gasteiger partial charge < -0.3 is 47.4 Å². The Morgan fingerprint density at radius 3 is 1.80 bits per heavy atom. The molecule has 2 aromatic carbocycles. The van der Waals surface area contributed by atoms with Crippen molar-refractivity contribution in [2.24, 2.45) is 5.73 Å². The minimum absolute atomic E-state index is 0.00341. The molecule has 0 bridgehead atoms. The summed E-state index contributed by atoms with van der Waals surface area (Å²) in [4.78, 5) is 73.7. The van der Waals surface area contributed by atoms with E-state index in [2.05, 4.69) is 33.9 Å². The van der Waals surface area contributed by atoms with Crippen molar-refractivity contribution in [1.82, 2.24) is 21.3 Å². The van der Waals surface area contributed by atoms with Crippen LogP contribution in [0, 0.1) is 7.14 Å². The summed E-state index contributed by atoms with van der Waals surface area (Å²) >= 11 is 7.78. The van der Waals surface area contributed by atoms with Crippen molar-refractivity contribution < 1.29 is 49.2 Å². The van der Waals surface area contributed by atoms with Gasteiger partial charge in [0.2, 0.25) is 23.6 Å². The summed E-state index contributed by atoms with van der Waals surface area (Å²) in [6, 6.07) is 4.07. The van der Waals surface area contributed by atoms with E-state index in [0.29, 0.717) is 18.3 Å². The molecule has 2 aromatic rings. The van der Waals surface area contributed by atoms with Gasteiger partial charge in [0.1, 0.15) is 36.2 Å². The number of carboxylic acid groups (broad SMARTS) is 2. The first kappa shape index (κ1) is 38.8. The van der Waals surface area contributed by atoms with Crippen molar-refractivity contribution >= 4 is 93.4 Å². The second kappa shape index (κ2) is 18.7. The van der Waals surface area contributed by atoms with Gasteiger partial charge in [-0.2, -0.15) is 12.6 Å². The third-order valence-electron chi connectivity index (χ3n) is 6.41. The lowest BCUT2D eigenvalue weighted by molar-refractivity contribution is -0.142. The zero-order valence-electron chi connectivity index (χ0n) is 24.0. The molecule has 0 radical (unpaired) electrons. The highest BCUT2D eigenvalue weighted by Gasteiger charge is 2.29. The predicted octanol–water partition coefficient (Wildman–Crippen LogP) is -0.131. The first-order valence-electron chi connectivity index (χ1n) is 13.5. The number of thiol groups is 1. The Bertz CT molecular complexity index is 1460. The maximum absolute atomic E-state index is 13.4. The van der Waals surface area contributed by atoms with E-state index in [4.69, 9.17) is 10.8 Å². The van der Waals surface area contributed by atoms with E-state index >= 15 is 0 Å². The van der Waals surface area contributed by atoms with E-state index in [0.717, 1.165) is 0 Å². The van der Waals surface area contributed by atoms with E-state index in [1.54, 1.807) is 18.2 Å². The maximum Gasteiger partial charge on any atom is 0.326 e. The molecule has 2 unspecified atom stereocenters. The van der Waals surface area contributed by atoms with E-state index < -0.39 is 72.7 Å². The number of phenols is 2. The first-order chi connectivity index (χ1) is 21.6. The molecular weight excluding hydrogens is 852 g/mol. The van der Waals surface area contributed by atoms with Crippen LogP contribution in [-0.2, 0) is 41.6 Å². The van der Waals surface area contributed by atoms with Crippen LogP contribution in [0.1, 0.15) is 24.0 Å². The van der Waals surface area contributed by atoms with Crippen molar-refractivity contribution in [3.8, 4) is 11.5 Å². The second-order valence-electron chi connectivity index (χ2n) is 10.00. The summed E-state index contributed by atoms with van der Waals surface area (Å²) in [7, 11) is 0. The van der Waals surface area contributed by atoms with Crippen molar-refractivity contribution in [3.05, 3.63) is 54.7 Å². The van der Waals surface area contributed by atoms with Gasteiger partial charge in [-0.15, -0.1) is 0 Å². The third-order valence-corrected chi connectivity index (χ3v) is 8.51. The zero-order chi connectivity index (χ0) is 34.6. The number of rotatable bonds is 17. The van der Waals surface area contributed by atoms with E-state index in [1.165, 1.54) is 18.2 Å². The number of nitrogens with two attached hydrogens (primary N) is 1. The number of phenolic OH excluding ortho intramolecular Hbond substituents is 2. The fourth-order valence-electron chi connectivity index (χ4n) is 3.98. The van der Waals surface area contributed by atoms with Gasteiger partial charge in [-0.05, 0) is 93.4 Å². The smallest absolute Gasteiger partial charge is 0.326 e. The van der Waals surface area contributed by atoms with Crippen molar-refractivity contribution in [1.29, 1.82) is 0 Å². The highest BCUT2D eigenvalue weighted by atomic mass is 127.